The van der Waals surface area contributed by atoms with Crippen molar-refractivity contribution in [1.82, 2.24) is 0 Å². The Bertz CT molecular complexity index is 214. The minimum Gasteiger partial charge on any atom is -0.324 e. The molecule has 1 fully saturated rings. The summed E-state index contributed by atoms with van der Waals surface area (Å²) in [6, 6.07) is -0.807. The predicted molar refractivity (Wildman–Crippen MR) is 36.1 cm³/mol. The van der Waals surface area contributed by atoms with Crippen molar-refractivity contribution in [2.45, 2.75) is 18.6 Å². The predicted octanol–water partition coefficient (Wildman–Crippen LogP) is -0.530. The van der Waals surface area contributed by atoms with E-state index in [2.05, 4.69) is 0 Å². The first-order valence-electron chi connectivity index (χ1n) is 3.11. The second-order valence-corrected chi connectivity index (χ2v) is 4.81. The molecule has 0 bridgehead atoms. The Balaban J connectivity index is 2.66. The van der Waals surface area contributed by atoms with Crippen molar-refractivity contribution in [2.24, 2.45) is 5.73 Å². The van der Waals surface area contributed by atoms with E-state index in [1.807, 2.05) is 0 Å². The van der Waals surface area contributed by atoms with Crippen LogP contribution in [-0.2, 0) is 9.84 Å². The Morgan fingerprint density at radius 1 is 1.50 bits per heavy atom. The van der Waals surface area contributed by atoms with E-state index < -0.39 is 22.1 Å². The number of alkyl halides is 1. The average Bonchev–Trinajstić information content (AvgIpc) is 1.79. The van der Waals surface area contributed by atoms with Crippen LogP contribution in [0.25, 0.3) is 0 Å². The van der Waals surface area contributed by atoms with Crippen molar-refractivity contribution in [1.29, 1.82) is 0 Å². The van der Waals surface area contributed by atoms with Gasteiger partial charge in [0.05, 0.1) is 11.5 Å². The molecule has 10 heavy (non-hydrogen) atoms. The summed E-state index contributed by atoms with van der Waals surface area (Å²) >= 11 is 0. The SMILES string of the molecule is NC1CS(=O)(=O)CCC1F. The van der Waals surface area contributed by atoms with Gasteiger partial charge < -0.3 is 5.73 Å². The zero-order valence-corrected chi connectivity index (χ0v) is 6.27. The smallest absolute Gasteiger partial charge is 0.152 e. The van der Waals surface area contributed by atoms with Gasteiger partial charge in [0, 0.05) is 6.04 Å². The maximum atomic E-state index is 12.5. The van der Waals surface area contributed by atoms with E-state index >= 15 is 0 Å². The zero-order chi connectivity index (χ0) is 7.78. The van der Waals surface area contributed by atoms with E-state index in [0.29, 0.717) is 0 Å². The van der Waals surface area contributed by atoms with Crippen LogP contribution in [0.1, 0.15) is 6.42 Å². The van der Waals surface area contributed by atoms with Gasteiger partial charge in [-0.2, -0.15) is 0 Å². The molecule has 5 heteroatoms. The summed E-state index contributed by atoms with van der Waals surface area (Å²) < 4.78 is 34.1. The van der Waals surface area contributed by atoms with Crippen molar-refractivity contribution in [2.75, 3.05) is 11.5 Å². The molecule has 1 aliphatic rings. The highest BCUT2D eigenvalue weighted by molar-refractivity contribution is 7.91. The molecule has 2 unspecified atom stereocenters. The molecule has 1 aliphatic heterocycles. The highest BCUT2D eigenvalue weighted by Gasteiger charge is 2.30. The van der Waals surface area contributed by atoms with Gasteiger partial charge in [0.15, 0.2) is 9.84 Å². The Morgan fingerprint density at radius 3 is 2.50 bits per heavy atom. The maximum absolute atomic E-state index is 12.5. The van der Waals surface area contributed by atoms with Gasteiger partial charge in [0.2, 0.25) is 0 Å². The highest BCUT2D eigenvalue weighted by atomic mass is 32.2. The molecule has 1 saturated heterocycles. The fraction of sp³-hybridized carbons (Fsp3) is 1.00. The summed E-state index contributed by atoms with van der Waals surface area (Å²) in [5.41, 5.74) is 5.20. The van der Waals surface area contributed by atoms with E-state index in [1.165, 1.54) is 0 Å². The third-order valence-electron chi connectivity index (χ3n) is 1.62. The third kappa shape index (κ3) is 1.67. The Kier molecular flexibility index (Phi) is 1.96. The van der Waals surface area contributed by atoms with Crippen molar-refractivity contribution in [3.05, 3.63) is 0 Å². The third-order valence-corrected chi connectivity index (χ3v) is 3.37. The largest absolute Gasteiger partial charge is 0.324 e. The monoisotopic (exact) mass is 167 g/mol. The molecule has 60 valence electrons. The van der Waals surface area contributed by atoms with Gasteiger partial charge in [-0.3, -0.25) is 0 Å². The molecule has 0 saturated carbocycles. The first-order chi connectivity index (χ1) is 4.51. The molecular weight excluding hydrogens is 157 g/mol. The molecule has 0 radical (unpaired) electrons. The standard InChI is InChI=1S/C5H10FNO2S/c6-4-1-2-10(8,9)3-5(4)7/h4-5H,1-3,7H2. The first kappa shape index (κ1) is 7.94. The van der Waals surface area contributed by atoms with Crippen molar-refractivity contribution in [3.63, 3.8) is 0 Å². The summed E-state index contributed by atoms with van der Waals surface area (Å²) in [4.78, 5) is 0. The fourth-order valence-corrected chi connectivity index (χ4v) is 2.53. The molecule has 1 rings (SSSR count). The molecule has 2 N–H and O–H groups in total. The molecule has 0 aromatic rings. The van der Waals surface area contributed by atoms with Crippen LogP contribution in [0.3, 0.4) is 0 Å². The first-order valence-corrected chi connectivity index (χ1v) is 4.93. The highest BCUT2D eigenvalue weighted by Crippen LogP contribution is 2.13. The molecule has 2 atom stereocenters. The molecule has 0 amide bonds. The zero-order valence-electron chi connectivity index (χ0n) is 5.46. The normalized spacial score (nSPS) is 39.4. The Morgan fingerprint density at radius 2 is 2.10 bits per heavy atom. The molecule has 0 aliphatic carbocycles. The van der Waals surface area contributed by atoms with Crippen LogP contribution in [-0.4, -0.2) is 32.1 Å². The average molecular weight is 167 g/mol. The van der Waals surface area contributed by atoms with Gasteiger partial charge in [0.1, 0.15) is 6.17 Å². The van der Waals surface area contributed by atoms with Gasteiger partial charge in [-0.15, -0.1) is 0 Å². The topological polar surface area (TPSA) is 60.2 Å². The van der Waals surface area contributed by atoms with Crippen LogP contribution < -0.4 is 5.73 Å². The number of nitrogens with two attached hydrogens (primary N) is 1. The number of hydrogen-bond donors (Lipinski definition) is 1. The minimum atomic E-state index is -3.03. The quantitative estimate of drug-likeness (QED) is 0.527. The minimum absolute atomic E-state index is 0.0537. The van der Waals surface area contributed by atoms with E-state index in [0.717, 1.165) is 0 Å². The molecule has 3 nitrogen and oxygen atoms in total. The van der Waals surface area contributed by atoms with Gasteiger partial charge in [-0.05, 0) is 6.42 Å². The second kappa shape index (κ2) is 2.47. The molecule has 0 aromatic carbocycles. The summed E-state index contributed by atoms with van der Waals surface area (Å²) in [7, 11) is -3.03. The van der Waals surface area contributed by atoms with Gasteiger partial charge in [-0.1, -0.05) is 0 Å². The van der Waals surface area contributed by atoms with Crippen LogP contribution in [0.15, 0.2) is 0 Å². The summed E-state index contributed by atoms with van der Waals surface area (Å²) in [6.07, 6.45) is -1.08. The van der Waals surface area contributed by atoms with E-state index in [1.54, 1.807) is 0 Å². The Hall–Kier alpha value is -0.160. The summed E-state index contributed by atoms with van der Waals surface area (Å²) in [5, 5.41) is 0. The number of rotatable bonds is 0. The number of hydrogen-bond acceptors (Lipinski definition) is 3. The number of sulfone groups is 1. The molecule has 0 spiro atoms. The van der Waals surface area contributed by atoms with Crippen molar-refractivity contribution < 1.29 is 12.8 Å². The van der Waals surface area contributed by atoms with Crippen LogP contribution in [0.4, 0.5) is 4.39 Å². The van der Waals surface area contributed by atoms with Crippen LogP contribution in [0, 0.1) is 0 Å². The van der Waals surface area contributed by atoms with Crippen LogP contribution in [0.2, 0.25) is 0 Å². The van der Waals surface area contributed by atoms with E-state index in [9.17, 15) is 12.8 Å². The van der Waals surface area contributed by atoms with Crippen LogP contribution >= 0.6 is 0 Å². The summed E-state index contributed by atoms with van der Waals surface area (Å²) in [6.45, 7) is 0. The second-order valence-electron chi connectivity index (χ2n) is 2.58. The maximum Gasteiger partial charge on any atom is 0.152 e. The lowest BCUT2D eigenvalue weighted by Crippen LogP contribution is -2.44. The summed E-state index contributed by atoms with van der Waals surface area (Å²) in [5.74, 6) is -0.254. The van der Waals surface area contributed by atoms with E-state index in [4.69, 9.17) is 5.73 Å². The lowest BCUT2D eigenvalue weighted by atomic mass is 10.2. The number of halogens is 1. The molecular formula is C5H10FNO2S. The van der Waals surface area contributed by atoms with E-state index in [-0.39, 0.29) is 17.9 Å². The van der Waals surface area contributed by atoms with Crippen molar-refractivity contribution in [3.8, 4) is 0 Å². The fourth-order valence-electron chi connectivity index (χ4n) is 0.987. The molecule has 1 heterocycles. The molecule has 0 aromatic heterocycles. The van der Waals surface area contributed by atoms with Gasteiger partial charge >= 0.3 is 0 Å². The van der Waals surface area contributed by atoms with Gasteiger partial charge in [-0.25, -0.2) is 12.8 Å². The van der Waals surface area contributed by atoms with Crippen molar-refractivity contribution >= 4 is 9.84 Å². The lowest BCUT2D eigenvalue weighted by molar-refractivity contribution is 0.277. The lowest BCUT2D eigenvalue weighted by Gasteiger charge is -2.21. The van der Waals surface area contributed by atoms with Crippen LogP contribution in [0.5, 0.6) is 0 Å². The van der Waals surface area contributed by atoms with Gasteiger partial charge in [0.25, 0.3) is 0 Å². The Labute approximate surface area is 59.3 Å².